The maximum atomic E-state index is 11.9. The first-order valence-corrected chi connectivity index (χ1v) is 7.58. The second-order valence-corrected chi connectivity index (χ2v) is 6.63. The molecule has 5 heteroatoms. The third-order valence-electron chi connectivity index (χ3n) is 3.29. The van der Waals surface area contributed by atoms with E-state index in [9.17, 15) is 4.79 Å². The van der Waals surface area contributed by atoms with Crippen LogP contribution in [0, 0.1) is 0 Å². The smallest absolute Gasteiger partial charge is 0.319 e. The minimum absolute atomic E-state index is 0.0541. The van der Waals surface area contributed by atoms with E-state index < -0.39 is 0 Å². The number of hydrogen-bond donors (Lipinski definition) is 3. The van der Waals surface area contributed by atoms with Gasteiger partial charge in [-0.2, -0.15) is 0 Å². The fraction of sp³-hybridized carbons (Fsp3) is 0.294. The Hall–Kier alpha value is -2.01. The van der Waals surface area contributed by atoms with Crippen LogP contribution in [0.4, 0.5) is 10.5 Å². The van der Waals surface area contributed by atoms with Gasteiger partial charge in [0, 0.05) is 23.8 Å². The van der Waals surface area contributed by atoms with Crippen LogP contribution in [0.25, 0.3) is 0 Å². The number of carbonyl (C=O) groups is 1. The standard InChI is InChI=1S/C17H21N3OS/c1-17(2,3)13-6-7-14(15(22)9-13)20-16(21)19-11-12-5-4-8-18-10-12/h4-10,22H,11H2,1-3H3,(H2,19,20,21). The summed E-state index contributed by atoms with van der Waals surface area (Å²) < 4.78 is 0. The second kappa shape index (κ2) is 6.83. The number of hydrogen-bond acceptors (Lipinski definition) is 3. The summed E-state index contributed by atoms with van der Waals surface area (Å²) >= 11 is 4.46. The van der Waals surface area contributed by atoms with E-state index in [0.717, 1.165) is 10.5 Å². The molecule has 0 aliphatic carbocycles. The molecule has 2 rings (SSSR count). The van der Waals surface area contributed by atoms with Gasteiger partial charge in [0.25, 0.3) is 0 Å². The molecule has 0 saturated heterocycles. The highest BCUT2D eigenvalue weighted by Crippen LogP contribution is 2.28. The lowest BCUT2D eigenvalue weighted by Gasteiger charge is -2.20. The van der Waals surface area contributed by atoms with E-state index in [1.54, 1.807) is 12.4 Å². The average molecular weight is 315 g/mol. The predicted octanol–water partition coefficient (Wildman–Crippen LogP) is 3.99. The second-order valence-electron chi connectivity index (χ2n) is 6.15. The Morgan fingerprint density at radius 2 is 2.05 bits per heavy atom. The van der Waals surface area contributed by atoms with Crippen LogP contribution in [0.15, 0.2) is 47.6 Å². The van der Waals surface area contributed by atoms with E-state index in [2.05, 4.69) is 49.0 Å². The summed E-state index contributed by atoms with van der Waals surface area (Å²) in [5.41, 5.74) is 2.88. The summed E-state index contributed by atoms with van der Waals surface area (Å²) in [6.45, 7) is 6.86. The van der Waals surface area contributed by atoms with Crippen molar-refractivity contribution in [3.05, 3.63) is 53.9 Å². The monoisotopic (exact) mass is 315 g/mol. The minimum Gasteiger partial charge on any atom is -0.334 e. The van der Waals surface area contributed by atoms with Gasteiger partial charge < -0.3 is 10.6 Å². The van der Waals surface area contributed by atoms with Gasteiger partial charge in [0.15, 0.2) is 0 Å². The Morgan fingerprint density at radius 1 is 1.27 bits per heavy atom. The average Bonchev–Trinajstić information content (AvgIpc) is 2.47. The van der Waals surface area contributed by atoms with E-state index in [-0.39, 0.29) is 11.4 Å². The number of urea groups is 1. The molecule has 0 unspecified atom stereocenters. The molecule has 0 radical (unpaired) electrons. The largest absolute Gasteiger partial charge is 0.334 e. The SMILES string of the molecule is CC(C)(C)c1ccc(NC(=O)NCc2cccnc2)c(S)c1. The first-order chi connectivity index (χ1) is 10.4. The first-order valence-electron chi connectivity index (χ1n) is 7.13. The predicted molar refractivity (Wildman–Crippen MR) is 92.5 cm³/mol. The van der Waals surface area contributed by atoms with Crippen molar-refractivity contribution in [1.82, 2.24) is 10.3 Å². The van der Waals surface area contributed by atoms with Crippen molar-refractivity contribution >= 4 is 24.3 Å². The van der Waals surface area contributed by atoms with Gasteiger partial charge in [-0.3, -0.25) is 4.98 Å². The Balaban J connectivity index is 1.97. The number of benzene rings is 1. The maximum absolute atomic E-state index is 11.9. The fourth-order valence-corrected chi connectivity index (χ4v) is 2.22. The number of nitrogens with zero attached hydrogens (tertiary/aromatic N) is 1. The van der Waals surface area contributed by atoms with Crippen LogP contribution in [0.5, 0.6) is 0 Å². The quantitative estimate of drug-likeness (QED) is 0.750. The maximum Gasteiger partial charge on any atom is 0.319 e. The summed E-state index contributed by atoms with van der Waals surface area (Å²) in [6, 6.07) is 9.37. The molecular weight excluding hydrogens is 294 g/mol. The number of thiol groups is 1. The number of rotatable bonds is 3. The topological polar surface area (TPSA) is 54.0 Å². The van der Waals surface area contributed by atoms with Crippen molar-refractivity contribution in [1.29, 1.82) is 0 Å². The van der Waals surface area contributed by atoms with Crippen LogP contribution in [-0.4, -0.2) is 11.0 Å². The minimum atomic E-state index is -0.261. The Bertz CT molecular complexity index is 651. The number of pyridine rings is 1. The zero-order valence-electron chi connectivity index (χ0n) is 13.1. The highest BCUT2D eigenvalue weighted by molar-refractivity contribution is 7.80. The van der Waals surface area contributed by atoms with Gasteiger partial charge in [0.1, 0.15) is 0 Å². The van der Waals surface area contributed by atoms with Crippen LogP contribution in [0.2, 0.25) is 0 Å². The number of nitrogens with one attached hydrogen (secondary N) is 2. The van der Waals surface area contributed by atoms with Crippen molar-refractivity contribution in [2.24, 2.45) is 0 Å². The van der Waals surface area contributed by atoms with Crippen molar-refractivity contribution in [2.45, 2.75) is 37.6 Å². The molecule has 0 bridgehead atoms. The third kappa shape index (κ3) is 4.49. The van der Waals surface area contributed by atoms with Crippen molar-refractivity contribution < 1.29 is 4.79 Å². The summed E-state index contributed by atoms with van der Waals surface area (Å²) in [5, 5.41) is 5.61. The van der Waals surface area contributed by atoms with Gasteiger partial charge >= 0.3 is 6.03 Å². The molecule has 2 amide bonds. The molecule has 0 aliphatic heterocycles. The Morgan fingerprint density at radius 3 is 2.64 bits per heavy atom. The lowest BCUT2D eigenvalue weighted by atomic mass is 9.87. The van der Waals surface area contributed by atoms with E-state index in [1.165, 1.54) is 5.56 Å². The molecule has 1 aromatic heterocycles. The van der Waals surface area contributed by atoms with Crippen LogP contribution < -0.4 is 10.6 Å². The molecule has 22 heavy (non-hydrogen) atoms. The normalized spacial score (nSPS) is 11.1. The molecule has 0 saturated carbocycles. The van der Waals surface area contributed by atoms with Crippen molar-refractivity contribution in [3.8, 4) is 0 Å². The number of amides is 2. The molecule has 0 atom stereocenters. The molecule has 116 valence electrons. The summed E-state index contributed by atoms with van der Waals surface area (Å²) in [7, 11) is 0. The molecule has 4 nitrogen and oxygen atoms in total. The van der Waals surface area contributed by atoms with Gasteiger partial charge in [-0.05, 0) is 34.7 Å². The summed E-state index contributed by atoms with van der Waals surface area (Å²) in [6.07, 6.45) is 3.43. The van der Waals surface area contributed by atoms with Gasteiger partial charge in [-0.1, -0.05) is 32.9 Å². The van der Waals surface area contributed by atoms with E-state index in [1.807, 2.05) is 30.3 Å². The van der Waals surface area contributed by atoms with Gasteiger partial charge in [-0.25, -0.2) is 4.79 Å². The fourth-order valence-electron chi connectivity index (χ4n) is 1.96. The first kappa shape index (κ1) is 16.4. The van der Waals surface area contributed by atoms with Gasteiger partial charge in [-0.15, -0.1) is 12.6 Å². The number of anilines is 1. The van der Waals surface area contributed by atoms with Crippen molar-refractivity contribution in [2.75, 3.05) is 5.32 Å². The summed E-state index contributed by atoms with van der Waals surface area (Å²) in [5.74, 6) is 0. The molecule has 1 heterocycles. The van der Waals surface area contributed by atoms with Gasteiger partial charge in [0.05, 0.1) is 5.69 Å². The van der Waals surface area contributed by atoms with Crippen LogP contribution >= 0.6 is 12.6 Å². The van der Waals surface area contributed by atoms with Gasteiger partial charge in [0.2, 0.25) is 0 Å². The zero-order chi connectivity index (χ0) is 16.2. The van der Waals surface area contributed by atoms with Crippen LogP contribution in [-0.2, 0) is 12.0 Å². The molecular formula is C17H21N3OS. The zero-order valence-corrected chi connectivity index (χ0v) is 13.9. The lowest BCUT2D eigenvalue weighted by Crippen LogP contribution is -2.28. The highest BCUT2D eigenvalue weighted by atomic mass is 32.1. The molecule has 2 aromatic rings. The molecule has 1 aromatic carbocycles. The lowest BCUT2D eigenvalue weighted by molar-refractivity contribution is 0.251. The molecule has 0 fully saturated rings. The molecule has 0 spiro atoms. The number of aromatic nitrogens is 1. The van der Waals surface area contributed by atoms with Crippen LogP contribution in [0.3, 0.4) is 0 Å². The third-order valence-corrected chi connectivity index (χ3v) is 3.66. The Kier molecular flexibility index (Phi) is 5.08. The highest BCUT2D eigenvalue weighted by Gasteiger charge is 2.15. The van der Waals surface area contributed by atoms with Crippen molar-refractivity contribution in [3.63, 3.8) is 0 Å². The van der Waals surface area contributed by atoms with E-state index in [0.29, 0.717) is 12.2 Å². The molecule has 2 N–H and O–H groups in total. The number of carbonyl (C=O) groups excluding carboxylic acids is 1. The van der Waals surface area contributed by atoms with E-state index >= 15 is 0 Å². The Labute approximate surface area is 136 Å². The molecule has 0 aliphatic rings. The van der Waals surface area contributed by atoms with E-state index in [4.69, 9.17) is 0 Å². The summed E-state index contributed by atoms with van der Waals surface area (Å²) in [4.78, 5) is 16.7. The van der Waals surface area contributed by atoms with Crippen LogP contribution in [0.1, 0.15) is 31.9 Å².